The fourth-order valence-electron chi connectivity index (χ4n) is 0.948. The Morgan fingerprint density at radius 2 is 1.60 bits per heavy atom. The Morgan fingerprint density at radius 3 is 1.80 bits per heavy atom. The number of aryl methyl sites for hydroxylation is 1. The van der Waals surface area contributed by atoms with Gasteiger partial charge in [0, 0.05) is 12.4 Å². The van der Waals surface area contributed by atoms with Crippen molar-refractivity contribution in [1.29, 1.82) is 0 Å². The average molecular weight is 211 g/mol. The molecule has 1 heteroatoms. The zero-order valence-corrected chi connectivity index (χ0v) is 9.09. The number of pyridine rings is 1. The van der Waals surface area contributed by atoms with Gasteiger partial charge in [-0.2, -0.15) is 0 Å². The highest BCUT2D eigenvalue weighted by Gasteiger charge is 1.75. The molecular weight excluding hydrogens is 182 g/mol. The van der Waals surface area contributed by atoms with E-state index in [0.29, 0.717) is 0 Å². The summed E-state index contributed by atoms with van der Waals surface area (Å²) in [7, 11) is 0. The Kier molecular flexibility index (Phi) is 20.5. The Balaban J connectivity index is -0.000000172. The molecule has 1 aromatic heterocycles. The van der Waals surface area contributed by atoms with Crippen LogP contribution in [0.5, 0.6) is 0 Å². The van der Waals surface area contributed by atoms with Crippen molar-refractivity contribution in [1.82, 2.24) is 4.98 Å². The molecule has 0 unspecified atom stereocenters. The summed E-state index contributed by atoms with van der Waals surface area (Å²) in [6.07, 6.45) is 9.14. The Morgan fingerprint density at radius 1 is 1.07 bits per heavy atom. The Bertz CT molecular complexity index is 178. The predicted molar refractivity (Wildman–Crippen MR) is 72.3 cm³/mol. The molecule has 0 atom stereocenters. The molecule has 0 saturated carbocycles. The summed E-state index contributed by atoms with van der Waals surface area (Å²) in [5, 5.41) is 0. The quantitative estimate of drug-likeness (QED) is 0.622. The summed E-state index contributed by atoms with van der Waals surface area (Å²) in [6, 6.07) is 3.95. The van der Waals surface area contributed by atoms with Gasteiger partial charge in [0.05, 0.1) is 0 Å². The molecule has 0 bridgehead atoms. The summed E-state index contributed by atoms with van der Waals surface area (Å²) in [5.41, 5.74) is 1.21. The van der Waals surface area contributed by atoms with E-state index in [1.165, 1.54) is 31.2 Å². The molecule has 15 heavy (non-hydrogen) atoms. The van der Waals surface area contributed by atoms with Gasteiger partial charge in [-0.25, -0.2) is 0 Å². The standard InChI is InChI=1S/C6H7N.C6H14.2CH4/c1-6-3-2-4-7-5-6;1-3-5-6-4-2;;/h2-5H,1H3;3-6H2,1-2H3;2*1H4. The normalized spacial score (nSPS) is 7.67. The lowest BCUT2D eigenvalue weighted by Gasteiger charge is -1.86. The molecular formula is C14H29N. The van der Waals surface area contributed by atoms with E-state index in [-0.39, 0.29) is 14.9 Å². The minimum Gasteiger partial charge on any atom is -0.264 e. The summed E-state index contributed by atoms with van der Waals surface area (Å²) in [6.45, 7) is 6.48. The van der Waals surface area contributed by atoms with Gasteiger partial charge in [0.1, 0.15) is 0 Å². The topological polar surface area (TPSA) is 12.9 Å². The van der Waals surface area contributed by atoms with Crippen molar-refractivity contribution < 1.29 is 0 Å². The molecule has 0 aliphatic carbocycles. The van der Waals surface area contributed by atoms with E-state index in [2.05, 4.69) is 18.8 Å². The summed E-state index contributed by atoms with van der Waals surface area (Å²) in [5.74, 6) is 0. The lowest BCUT2D eigenvalue weighted by Crippen LogP contribution is -1.69. The van der Waals surface area contributed by atoms with E-state index < -0.39 is 0 Å². The van der Waals surface area contributed by atoms with Gasteiger partial charge in [-0.1, -0.05) is 60.5 Å². The number of rotatable bonds is 3. The number of aromatic nitrogens is 1. The third kappa shape index (κ3) is 15.9. The second-order valence-electron chi connectivity index (χ2n) is 3.24. The van der Waals surface area contributed by atoms with E-state index in [1.807, 2.05) is 25.3 Å². The van der Waals surface area contributed by atoms with E-state index in [4.69, 9.17) is 0 Å². The SMILES string of the molecule is C.C.CCCCCC.Cc1cccnc1. The maximum Gasteiger partial charge on any atom is 0.0297 e. The first-order chi connectivity index (χ1) is 6.31. The third-order valence-electron chi connectivity index (χ3n) is 1.77. The average Bonchev–Trinajstić information content (AvgIpc) is 2.17. The van der Waals surface area contributed by atoms with E-state index in [0.717, 1.165) is 0 Å². The van der Waals surface area contributed by atoms with Gasteiger partial charge in [0.2, 0.25) is 0 Å². The maximum absolute atomic E-state index is 3.88. The zero-order chi connectivity index (χ0) is 9.94. The van der Waals surface area contributed by atoms with Crippen LogP contribution < -0.4 is 0 Å². The fourth-order valence-corrected chi connectivity index (χ4v) is 0.948. The van der Waals surface area contributed by atoms with Crippen LogP contribution in [0.3, 0.4) is 0 Å². The molecule has 0 saturated heterocycles. The van der Waals surface area contributed by atoms with Gasteiger partial charge in [0.15, 0.2) is 0 Å². The van der Waals surface area contributed by atoms with E-state index >= 15 is 0 Å². The van der Waals surface area contributed by atoms with Crippen molar-refractivity contribution >= 4 is 0 Å². The molecule has 1 aromatic rings. The highest BCUT2D eigenvalue weighted by Crippen LogP contribution is 1.95. The Hall–Kier alpha value is -0.850. The highest BCUT2D eigenvalue weighted by atomic mass is 14.6. The van der Waals surface area contributed by atoms with Gasteiger partial charge >= 0.3 is 0 Å². The van der Waals surface area contributed by atoms with Gasteiger partial charge in [-0.3, -0.25) is 4.98 Å². The molecule has 1 nitrogen and oxygen atoms in total. The zero-order valence-electron chi connectivity index (χ0n) is 9.09. The largest absolute Gasteiger partial charge is 0.264 e. The van der Waals surface area contributed by atoms with Crippen LogP contribution >= 0.6 is 0 Å². The Labute approximate surface area is 97.0 Å². The fraction of sp³-hybridized carbons (Fsp3) is 0.643. The van der Waals surface area contributed by atoms with Crippen LogP contribution in [0.15, 0.2) is 24.5 Å². The van der Waals surface area contributed by atoms with Crippen LogP contribution in [0, 0.1) is 6.92 Å². The molecule has 0 aliphatic rings. The molecule has 0 amide bonds. The predicted octanol–water partition coefficient (Wildman–Crippen LogP) is 5.25. The monoisotopic (exact) mass is 211 g/mol. The van der Waals surface area contributed by atoms with E-state index in [9.17, 15) is 0 Å². The van der Waals surface area contributed by atoms with Crippen molar-refractivity contribution in [3.8, 4) is 0 Å². The maximum atomic E-state index is 3.88. The number of hydrogen-bond donors (Lipinski definition) is 0. The molecule has 0 aromatic carbocycles. The lowest BCUT2D eigenvalue weighted by molar-refractivity contribution is 0.702. The smallest absolute Gasteiger partial charge is 0.0297 e. The second-order valence-corrected chi connectivity index (χ2v) is 3.24. The second kappa shape index (κ2) is 15.6. The number of nitrogens with zero attached hydrogens (tertiary/aromatic N) is 1. The number of unbranched alkanes of at least 4 members (excludes halogenated alkanes) is 3. The minimum absolute atomic E-state index is 0. The van der Waals surface area contributed by atoms with Crippen LogP contribution in [-0.2, 0) is 0 Å². The first kappa shape index (κ1) is 19.7. The third-order valence-corrected chi connectivity index (χ3v) is 1.77. The van der Waals surface area contributed by atoms with Gasteiger partial charge in [0.25, 0.3) is 0 Å². The first-order valence-corrected chi connectivity index (χ1v) is 5.17. The molecule has 0 aliphatic heterocycles. The minimum atomic E-state index is 0. The summed E-state index contributed by atoms with van der Waals surface area (Å²) < 4.78 is 0. The van der Waals surface area contributed by atoms with Crippen LogP contribution in [-0.4, -0.2) is 4.98 Å². The summed E-state index contributed by atoms with van der Waals surface area (Å²) >= 11 is 0. The molecule has 0 spiro atoms. The van der Waals surface area contributed by atoms with Crippen LogP contribution in [0.1, 0.15) is 59.9 Å². The van der Waals surface area contributed by atoms with Crippen molar-refractivity contribution in [2.75, 3.05) is 0 Å². The van der Waals surface area contributed by atoms with Crippen molar-refractivity contribution in [2.24, 2.45) is 0 Å². The number of hydrogen-bond acceptors (Lipinski definition) is 1. The van der Waals surface area contributed by atoms with Gasteiger partial charge in [-0.05, 0) is 18.6 Å². The van der Waals surface area contributed by atoms with Gasteiger partial charge in [-0.15, -0.1) is 0 Å². The van der Waals surface area contributed by atoms with Crippen LogP contribution in [0.2, 0.25) is 0 Å². The molecule has 0 radical (unpaired) electrons. The van der Waals surface area contributed by atoms with Crippen molar-refractivity contribution in [3.05, 3.63) is 30.1 Å². The molecule has 90 valence electrons. The lowest BCUT2D eigenvalue weighted by atomic mass is 10.2. The molecule has 0 fully saturated rings. The van der Waals surface area contributed by atoms with Crippen LogP contribution in [0.25, 0.3) is 0 Å². The van der Waals surface area contributed by atoms with Crippen LogP contribution in [0.4, 0.5) is 0 Å². The van der Waals surface area contributed by atoms with Crippen molar-refractivity contribution in [3.63, 3.8) is 0 Å². The highest BCUT2D eigenvalue weighted by molar-refractivity contribution is 5.04. The first-order valence-electron chi connectivity index (χ1n) is 5.17. The molecule has 1 heterocycles. The molecule has 1 rings (SSSR count). The van der Waals surface area contributed by atoms with Gasteiger partial charge < -0.3 is 0 Å². The summed E-state index contributed by atoms with van der Waals surface area (Å²) in [4.78, 5) is 3.88. The van der Waals surface area contributed by atoms with E-state index in [1.54, 1.807) is 6.20 Å². The molecule has 0 N–H and O–H groups in total. The van der Waals surface area contributed by atoms with Crippen molar-refractivity contribution in [2.45, 2.75) is 61.3 Å².